The highest BCUT2D eigenvalue weighted by Crippen LogP contribution is 2.42. The highest BCUT2D eigenvalue weighted by molar-refractivity contribution is 6.38. The summed E-state index contributed by atoms with van der Waals surface area (Å²) < 4.78 is 19.9. The zero-order chi connectivity index (χ0) is 21.2. The number of halogens is 3. The molecular formula is C19H21Cl2FN2O4. The van der Waals surface area contributed by atoms with Crippen LogP contribution < -0.4 is 10.1 Å². The fourth-order valence-corrected chi connectivity index (χ4v) is 2.97. The number of aromatic nitrogens is 1. The van der Waals surface area contributed by atoms with Crippen molar-refractivity contribution in [3.8, 4) is 17.2 Å². The number of phenols is 1. The van der Waals surface area contributed by atoms with Gasteiger partial charge in [0.2, 0.25) is 5.95 Å². The van der Waals surface area contributed by atoms with Crippen molar-refractivity contribution in [2.45, 2.75) is 39.7 Å². The Morgan fingerprint density at radius 1 is 1.21 bits per heavy atom. The minimum atomic E-state index is -1.13. The fraction of sp³-hybridized carbons (Fsp3) is 0.368. The van der Waals surface area contributed by atoms with Crippen LogP contribution in [0, 0.1) is 11.9 Å². The van der Waals surface area contributed by atoms with E-state index in [1.165, 1.54) is 12.1 Å². The number of carboxylic acids is 1. The molecule has 0 aliphatic rings. The molecule has 0 radical (unpaired) electrons. The van der Waals surface area contributed by atoms with Gasteiger partial charge in [0.05, 0.1) is 0 Å². The SMILES string of the molecule is CC(C)c1cc(Oc2c(Cl)c(F)nc(N[C@H](C(=O)O)C(C)C)c2Cl)ccc1O. The van der Waals surface area contributed by atoms with Crippen LogP contribution in [0.4, 0.5) is 10.2 Å². The van der Waals surface area contributed by atoms with E-state index in [9.17, 15) is 19.4 Å². The van der Waals surface area contributed by atoms with Gasteiger partial charge in [-0.25, -0.2) is 4.79 Å². The second kappa shape index (κ2) is 8.84. The second-order valence-electron chi connectivity index (χ2n) is 6.89. The summed E-state index contributed by atoms with van der Waals surface area (Å²) in [6, 6.07) is 3.47. The normalized spacial score (nSPS) is 12.3. The van der Waals surface area contributed by atoms with E-state index in [4.69, 9.17) is 27.9 Å². The minimum absolute atomic E-state index is 0.0169. The summed E-state index contributed by atoms with van der Waals surface area (Å²) in [5.74, 6) is -2.50. The number of carboxylic acid groups (broad SMARTS) is 1. The highest BCUT2D eigenvalue weighted by Gasteiger charge is 2.26. The van der Waals surface area contributed by atoms with E-state index in [2.05, 4.69) is 10.3 Å². The lowest BCUT2D eigenvalue weighted by Gasteiger charge is -2.21. The summed E-state index contributed by atoms with van der Waals surface area (Å²) in [6.07, 6.45) is 0. The molecule has 0 saturated carbocycles. The molecule has 0 amide bonds. The van der Waals surface area contributed by atoms with Crippen molar-refractivity contribution in [2.75, 3.05) is 5.32 Å². The number of phenolic OH excluding ortho intramolecular Hbond substituents is 1. The largest absolute Gasteiger partial charge is 0.508 e. The van der Waals surface area contributed by atoms with E-state index in [0.717, 1.165) is 0 Å². The van der Waals surface area contributed by atoms with Crippen molar-refractivity contribution in [2.24, 2.45) is 5.92 Å². The summed E-state index contributed by atoms with van der Waals surface area (Å²) >= 11 is 12.3. The van der Waals surface area contributed by atoms with E-state index < -0.39 is 23.0 Å². The predicted molar refractivity (Wildman–Crippen MR) is 106 cm³/mol. The van der Waals surface area contributed by atoms with E-state index in [-0.39, 0.29) is 39.9 Å². The van der Waals surface area contributed by atoms with E-state index in [1.807, 2.05) is 13.8 Å². The van der Waals surface area contributed by atoms with Crippen LogP contribution in [0.5, 0.6) is 17.2 Å². The molecule has 0 bridgehead atoms. The Labute approximate surface area is 172 Å². The standard InChI is InChI=1S/C19H21Cl2FN2O4/c1-8(2)11-7-10(5-6-12(11)25)28-16-13(20)17(22)24-18(14(16)21)23-15(9(3)4)19(26)27/h5-9,15,25H,1-4H3,(H,23,24)(H,26,27)/t15-/m0/s1. The first kappa shape index (κ1) is 22.0. The van der Waals surface area contributed by atoms with Crippen LogP contribution in [0.15, 0.2) is 18.2 Å². The fourth-order valence-electron chi connectivity index (χ4n) is 2.52. The number of hydrogen-bond donors (Lipinski definition) is 3. The summed E-state index contributed by atoms with van der Waals surface area (Å²) in [4.78, 5) is 15.0. The average Bonchev–Trinajstić information content (AvgIpc) is 2.61. The Kier molecular flexibility index (Phi) is 6.96. The van der Waals surface area contributed by atoms with Crippen LogP contribution in [0.2, 0.25) is 10.0 Å². The van der Waals surface area contributed by atoms with Crippen LogP contribution >= 0.6 is 23.2 Å². The summed E-state index contributed by atoms with van der Waals surface area (Å²) in [7, 11) is 0. The number of nitrogens with one attached hydrogen (secondary N) is 1. The summed E-state index contributed by atoms with van der Waals surface area (Å²) in [6.45, 7) is 7.16. The molecule has 0 aliphatic heterocycles. The van der Waals surface area contributed by atoms with Gasteiger partial charge in [0, 0.05) is 5.56 Å². The van der Waals surface area contributed by atoms with Gasteiger partial charge in [0.25, 0.3) is 0 Å². The monoisotopic (exact) mass is 430 g/mol. The number of aliphatic carboxylic acids is 1. The Hall–Kier alpha value is -2.25. The molecule has 1 atom stereocenters. The molecule has 0 fully saturated rings. The first-order chi connectivity index (χ1) is 13.0. The first-order valence-corrected chi connectivity index (χ1v) is 9.33. The zero-order valence-electron chi connectivity index (χ0n) is 15.8. The van der Waals surface area contributed by atoms with Crippen molar-refractivity contribution in [1.29, 1.82) is 0 Å². The van der Waals surface area contributed by atoms with Gasteiger partial charge in [0.15, 0.2) is 11.6 Å². The molecule has 0 saturated heterocycles. The Morgan fingerprint density at radius 2 is 1.86 bits per heavy atom. The third kappa shape index (κ3) is 4.77. The number of nitrogens with zero attached hydrogens (tertiary/aromatic N) is 1. The maximum Gasteiger partial charge on any atom is 0.326 e. The summed E-state index contributed by atoms with van der Waals surface area (Å²) in [5.41, 5.74) is 0.628. The molecule has 0 aliphatic carbocycles. The number of anilines is 1. The minimum Gasteiger partial charge on any atom is -0.508 e. The van der Waals surface area contributed by atoms with Crippen molar-refractivity contribution in [1.82, 2.24) is 4.98 Å². The number of ether oxygens (including phenoxy) is 1. The van der Waals surface area contributed by atoms with Crippen LogP contribution in [0.25, 0.3) is 0 Å². The van der Waals surface area contributed by atoms with Gasteiger partial charge < -0.3 is 20.3 Å². The van der Waals surface area contributed by atoms with Gasteiger partial charge in [-0.3, -0.25) is 0 Å². The van der Waals surface area contributed by atoms with E-state index >= 15 is 0 Å². The van der Waals surface area contributed by atoms with Gasteiger partial charge >= 0.3 is 5.97 Å². The lowest BCUT2D eigenvalue weighted by Crippen LogP contribution is -2.34. The number of hydrogen-bond acceptors (Lipinski definition) is 5. The van der Waals surface area contributed by atoms with Crippen LogP contribution in [-0.4, -0.2) is 27.2 Å². The van der Waals surface area contributed by atoms with Gasteiger partial charge in [-0.15, -0.1) is 0 Å². The topological polar surface area (TPSA) is 91.7 Å². The molecule has 28 heavy (non-hydrogen) atoms. The van der Waals surface area contributed by atoms with Crippen molar-refractivity contribution in [3.05, 3.63) is 39.8 Å². The molecule has 0 unspecified atom stereocenters. The maximum atomic E-state index is 14.2. The van der Waals surface area contributed by atoms with Crippen molar-refractivity contribution < 1.29 is 24.1 Å². The number of aromatic hydroxyl groups is 1. The molecule has 1 aromatic carbocycles. The highest BCUT2D eigenvalue weighted by atomic mass is 35.5. The van der Waals surface area contributed by atoms with Gasteiger partial charge in [-0.05, 0) is 30.0 Å². The lowest BCUT2D eigenvalue weighted by atomic mass is 10.0. The van der Waals surface area contributed by atoms with Crippen molar-refractivity contribution in [3.63, 3.8) is 0 Å². The Balaban J connectivity index is 2.46. The molecule has 152 valence electrons. The first-order valence-electron chi connectivity index (χ1n) is 8.57. The smallest absolute Gasteiger partial charge is 0.326 e. The Morgan fingerprint density at radius 3 is 2.39 bits per heavy atom. The van der Waals surface area contributed by atoms with Crippen LogP contribution in [-0.2, 0) is 4.79 Å². The lowest BCUT2D eigenvalue weighted by molar-refractivity contribution is -0.138. The average molecular weight is 431 g/mol. The number of benzene rings is 1. The van der Waals surface area contributed by atoms with Crippen LogP contribution in [0.1, 0.15) is 39.2 Å². The molecule has 0 spiro atoms. The quantitative estimate of drug-likeness (QED) is 0.490. The maximum absolute atomic E-state index is 14.2. The summed E-state index contributed by atoms with van der Waals surface area (Å²) in [5, 5.41) is 21.3. The molecule has 1 aromatic heterocycles. The predicted octanol–water partition coefficient (Wildman–Crippen LogP) is 5.67. The number of carbonyl (C=O) groups is 1. The third-order valence-electron chi connectivity index (χ3n) is 4.06. The molecule has 2 rings (SSSR count). The molecule has 2 aromatic rings. The van der Waals surface area contributed by atoms with E-state index in [1.54, 1.807) is 19.9 Å². The third-order valence-corrected chi connectivity index (χ3v) is 4.74. The van der Waals surface area contributed by atoms with Gasteiger partial charge in [-0.1, -0.05) is 50.9 Å². The number of rotatable bonds is 7. The molecule has 3 N–H and O–H groups in total. The Bertz CT molecular complexity index is 891. The molecular weight excluding hydrogens is 410 g/mol. The molecule has 1 heterocycles. The van der Waals surface area contributed by atoms with Gasteiger partial charge in [-0.2, -0.15) is 9.37 Å². The van der Waals surface area contributed by atoms with E-state index in [0.29, 0.717) is 5.56 Å². The second-order valence-corrected chi connectivity index (χ2v) is 7.65. The van der Waals surface area contributed by atoms with Gasteiger partial charge in [0.1, 0.15) is 27.6 Å². The molecule has 6 nitrogen and oxygen atoms in total. The number of pyridine rings is 1. The van der Waals surface area contributed by atoms with Crippen molar-refractivity contribution >= 4 is 35.0 Å². The van der Waals surface area contributed by atoms with Crippen LogP contribution in [0.3, 0.4) is 0 Å². The zero-order valence-corrected chi connectivity index (χ0v) is 17.3. The molecule has 9 heteroatoms.